The molecule has 8 aromatic rings. The van der Waals surface area contributed by atoms with Gasteiger partial charge >= 0.3 is 0 Å². The van der Waals surface area contributed by atoms with Gasteiger partial charge in [-0.3, -0.25) is 0 Å². The molecule has 1 aliphatic rings. The Bertz CT molecular complexity index is 2680. The van der Waals surface area contributed by atoms with Crippen molar-refractivity contribution in [1.82, 2.24) is 10.3 Å². The number of hydrogen-bond donors (Lipinski definition) is 1. The van der Waals surface area contributed by atoms with Crippen molar-refractivity contribution in [2.75, 3.05) is 0 Å². The van der Waals surface area contributed by atoms with Gasteiger partial charge in [0.1, 0.15) is 0 Å². The highest BCUT2D eigenvalue weighted by molar-refractivity contribution is 6.16. The van der Waals surface area contributed by atoms with Crippen molar-refractivity contribution in [1.29, 1.82) is 0 Å². The van der Waals surface area contributed by atoms with Crippen molar-refractivity contribution in [3.05, 3.63) is 241 Å². The van der Waals surface area contributed by atoms with Crippen LogP contribution in [0.15, 0.2) is 213 Å². The Morgan fingerprint density at radius 1 is 0.400 bits per heavy atom. The topological polar surface area (TPSA) is 24.9 Å². The van der Waals surface area contributed by atoms with E-state index < -0.39 is 0 Å². The van der Waals surface area contributed by atoms with E-state index in [9.17, 15) is 0 Å². The Balaban J connectivity index is 1.24. The molecule has 0 amide bonds. The highest BCUT2D eigenvalue weighted by Crippen LogP contribution is 2.42. The highest BCUT2D eigenvalue weighted by atomic mass is 14.9. The lowest BCUT2D eigenvalue weighted by atomic mass is 9.85. The minimum Gasteiger partial charge on any atom is -0.354 e. The number of fused-ring (bicyclic) bond motifs is 1. The van der Waals surface area contributed by atoms with Gasteiger partial charge in [0, 0.05) is 28.0 Å². The third-order valence-corrected chi connectivity index (χ3v) is 10.2. The van der Waals surface area contributed by atoms with Gasteiger partial charge in [-0.2, -0.15) is 0 Å². The predicted octanol–water partition coefficient (Wildman–Crippen LogP) is 13.4. The summed E-state index contributed by atoms with van der Waals surface area (Å²) in [5, 5.41) is 3.91. The summed E-state index contributed by atoms with van der Waals surface area (Å²) >= 11 is 0. The van der Waals surface area contributed by atoms with Gasteiger partial charge in [-0.1, -0.05) is 195 Å². The lowest BCUT2D eigenvalue weighted by molar-refractivity contribution is 1.22. The Hall–Kier alpha value is -7.29. The first-order chi connectivity index (χ1) is 27.2. The van der Waals surface area contributed by atoms with E-state index in [1.54, 1.807) is 0 Å². The van der Waals surface area contributed by atoms with Crippen LogP contribution in [0.25, 0.3) is 73.4 Å². The summed E-state index contributed by atoms with van der Waals surface area (Å²) in [6.45, 7) is 4.72. The molecule has 2 nitrogen and oxygen atoms in total. The first kappa shape index (κ1) is 33.5. The largest absolute Gasteiger partial charge is 0.354 e. The molecular weight excluding hydrogens is 665 g/mol. The second kappa shape index (κ2) is 15.0. The summed E-state index contributed by atoms with van der Waals surface area (Å²) in [5.41, 5.74) is 18.2. The molecule has 7 aromatic carbocycles. The number of nitrogens with one attached hydrogen (secondary N) is 1. The standard InChI is InChI=1S/C53H38N2/c1-37(38-17-7-2-8-18-38)52(44-25-15-6-16-26-44)53-48-33-45(31-32-46(48)34-51(55-53)42-23-13-5-14-24-42)47-35-49(41-21-11-4-12-22-41)54-50(36-47)43-29-27-40(28-30-43)39-19-9-3-10-20-39/h2-36,55H,1H2/b53-52+. The molecule has 9 rings (SSSR count). The van der Waals surface area contributed by atoms with Crippen LogP contribution >= 0.6 is 0 Å². The van der Waals surface area contributed by atoms with Gasteiger partial charge in [0.25, 0.3) is 0 Å². The van der Waals surface area contributed by atoms with E-state index in [-0.39, 0.29) is 0 Å². The fraction of sp³-hybridized carbons (Fsp3) is 0. The SMILES string of the molecule is C=C(/C(=C1\NC(c2ccccc2)=Cc2ccc(-c3cc(-c4ccccc4)nc(-c4ccc(-c5ccccc5)cc4)c3)cc21)c1ccccc1)c1ccccc1. The molecule has 0 unspecified atom stereocenters. The van der Waals surface area contributed by atoms with Crippen LogP contribution in [-0.2, 0) is 0 Å². The number of hydrogen-bond acceptors (Lipinski definition) is 2. The van der Waals surface area contributed by atoms with Crippen molar-refractivity contribution in [3.63, 3.8) is 0 Å². The second-order valence-electron chi connectivity index (χ2n) is 13.7. The van der Waals surface area contributed by atoms with Gasteiger partial charge in [-0.15, -0.1) is 0 Å². The van der Waals surface area contributed by atoms with Crippen LogP contribution in [-0.4, -0.2) is 4.98 Å². The molecule has 0 atom stereocenters. The zero-order valence-electron chi connectivity index (χ0n) is 30.4. The Kier molecular flexibility index (Phi) is 9.14. The maximum atomic E-state index is 5.23. The Morgan fingerprint density at radius 2 is 0.855 bits per heavy atom. The summed E-state index contributed by atoms with van der Waals surface area (Å²) in [6, 6.07) is 72.5. The summed E-state index contributed by atoms with van der Waals surface area (Å²) in [6.07, 6.45) is 2.26. The van der Waals surface area contributed by atoms with Crippen molar-refractivity contribution < 1.29 is 0 Å². The van der Waals surface area contributed by atoms with Crippen molar-refractivity contribution in [2.24, 2.45) is 0 Å². The second-order valence-corrected chi connectivity index (χ2v) is 13.7. The maximum Gasteiger partial charge on any atom is 0.0715 e. The van der Waals surface area contributed by atoms with Crippen LogP contribution in [0.4, 0.5) is 0 Å². The van der Waals surface area contributed by atoms with Crippen LogP contribution in [0.1, 0.15) is 27.8 Å². The van der Waals surface area contributed by atoms with E-state index in [0.29, 0.717) is 0 Å². The molecular formula is C53H38N2. The Labute approximate surface area is 323 Å². The minimum atomic E-state index is 0.927. The number of nitrogens with zero attached hydrogens (tertiary/aromatic N) is 1. The van der Waals surface area contributed by atoms with Gasteiger partial charge in [0.05, 0.1) is 17.1 Å². The molecule has 55 heavy (non-hydrogen) atoms. The van der Waals surface area contributed by atoms with Crippen molar-refractivity contribution in [3.8, 4) is 44.8 Å². The number of benzene rings is 7. The number of pyridine rings is 1. The summed E-state index contributed by atoms with van der Waals surface area (Å²) in [5.74, 6) is 0. The van der Waals surface area contributed by atoms with E-state index in [1.165, 1.54) is 11.1 Å². The lowest BCUT2D eigenvalue weighted by Gasteiger charge is -2.27. The monoisotopic (exact) mass is 702 g/mol. The Morgan fingerprint density at radius 3 is 1.45 bits per heavy atom. The molecule has 2 heterocycles. The third-order valence-electron chi connectivity index (χ3n) is 10.2. The minimum absolute atomic E-state index is 0.927. The molecule has 2 heteroatoms. The van der Waals surface area contributed by atoms with Crippen LogP contribution < -0.4 is 5.32 Å². The maximum absolute atomic E-state index is 5.23. The van der Waals surface area contributed by atoms with Crippen molar-refractivity contribution >= 4 is 28.6 Å². The molecule has 260 valence electrons. The van der Waals surface area contributed by atoms with Gasteiger partial charge in [0.2, 0.25) is 0 Å². The van der Waals surface area contributed by atoms with Crippen LogP contribution in [0.5, 0.6) is 0 Å². The molecule has 1 N–H and O–H groups in total. The number of allylic oxidation sites excluding steroid dienone is 2. The van der Waals surface area contributed by atoms with E-state index in [0.717, 1.165) is 84.0 Å². The number of aromatic nitrogens is 1. The summed E-state index contributed by atoms with van der Waals surface area (Å²) in [7, 11) is 0. The van der Waals surface area contributed by atoms with E-state index in [4.69, 9.17) is 11.6 Å². The van der Waals surface area contributed by atoms with Crippen molar-refractivity contribution in [2.45, 2.75) is 0 Å². The fourth-order valence-electron chi connectivity index (χ4n) is 7.37. The van der Waals surface area contributed by atoms with Crippen LogP contribution in [0.2, 0.25) is 0 Å². The molecule has 0 saturated carbocycles. The van der Waals surface area contributed by atoms with Gasteiger partial charge in [-0.25, -0.2) is 4.98 Å². The summed E-state index contributed by atoms with van der Waals surface area (Å²) in [4.78, 5) is 5.23. The van der Waals surface area contributed by atoms with Gasteiger partial charge in [-0.05, 0) is 74.4 Å². The molecule has 1 aromatic heterocycles. The predicted molar refractivity (Wildman–Crippen MR) is 232 cm³/mol. The van der Waals surface area contributed by atoms with E-state index in [2.05, 4.69) is 206 Å². The quantitative estimate of drug-likeness (QED) is 0.170. The molecule has 0 aliphatic carbocycles. The molecule has 0 bridgehead atoms. The molecule has 0 spiro atoms. The zero-order valence-corrected chi connectivity index (χ0v) is 30.4. The molecule has 0 fully saturated rings. The zero-order chi connectivity index (χ0) is 37.0. The van der Waals surface area contributed by atoms with E-state index >= 15 is 0 Å². The van der Waals surface area contributed by atoms with Gasteiger partial charge < -0.3 is 5.32 Å². The summed E-state index contributed by atoms with van der Waals surface area (Å²) < 4.78 is 0. The van der Waals surface area contributed by atoms with Crippen LogP contribution in [0.3, 0.4) is 0 Å². The molecule has 0 saturated heterocycles. The normalized spacial score (nSPS) is 12.9. The third kappa shape index (κ3) is 6.97. The fourth-order valence-corrected chi connectivity index (χ4v) is 7.37. The first-order valence-electron chi connectivity index (χ1n) is 18.6. The van der Waals surface area contributed by atoms with E-state index in [1.807, 2.05) is 12.1 Å². The number of rotatable bonds is 8. The highest BCUT2D eigenvalue weighted by Gasteiger charge is 2.24. The molecule has 1 aliphatic heterocycles. The smallest absolute Gasteiger partial charge is 0.0715 e. The van der Waals surface area contributed by atoms with Gasteiger partial charge in [0.15, 0.2) is 0 Å². The lowest BCUT2D eigenvalue weighted by Crippen LogP contribution is -2.18. The molecule has 0 radical (unpaired) electrons. The first-order valence-corrected chi connectivity index (χ1v) is 18.6. The average Bonchev–Trinajstić information content (AvgIpc) is 3.27. The van der Waals surface area contributed by atoms with Crippen LogP contribution in [0, 0.1) is 0 Å². The average molecular weight is 703 g/mol.